The third-order valence-corrected chi connectivity index (χ3v) is 2.86. The molecule has 0 saturated carbocycles. The Bertz CT molecular complexity index is 277. The van der Waals surface area contributed by atoms with Crippen molar-refractivity contribution in [2.75, 3.05) is 52.9 Å². The minimum atomic E-state index is -0.268. The predicted molar refractivity (Wildman–Crippen MR) is 67.5 cm³/mol. The van der Waals surface area contributed by atoms with Crippen molar-refractivity contribution in [2.24, 2.45) is 0 Å². The number of hydrogen-bond acceptors (Lipinski definition) is 4. The molecule has 1 rings (SSSR count). The highest BCUT2D eigenvalue weighted by atomic mass is 16.5. The zero-order valence-electron chi connectivity index (χ0n) is 11.1. The van der Waals surface area contributed by atoms with E-state index in [1.807, 2.05) is 6.92 Å². The van der Waals surface area contributed by atoms with E-state index in [4.69, 9.17) is 0 Å². The molecule has 0 aromatic heterocycles. The lowest BCUT2D eigenvalue weighted by atomic mass is 10.3. The average Bonchev–Trinajstić information content (AvgIpc) is 2.39. The lowest BCUT2D eigenvalue weighted by Gasteiger charge is -2.33. The lowest BCUT2D eigenvalue weighted by Crippen LogP contribution is -2.50. The Hall–Kier alpha value is -1.50. The zero-order chi connectivity index (χ0) is 13.4. The standard InChI is InChI=1S/C11H22N4O3/c1-3-12-10(16)13-4-5-14-6-8-15(9-7-14)11(17)18-2/h3-9H2,1-2H3,(H2,12,13,16). The fourth-order valence-electron chi connectivity index (χ4n) is 1.83. The van der Waals surface area contributed by atoms with E-state index in [-0.39, 0.29) is 12.1 Å². The smallest absolute Gasteiger partial charge is 0.409 e. The van der Waals surface area contributed by atoms with E-state index in [1.54, 1.807) is 4.90 Å². The summed E-state index contributed by atoms with van der Waals surface area (Å²) in [6.45, 7) is 6.89. The first-order valence-electron chi connectivity index (χ1n) is 6.24. The maximum absolute atomic E-state index is 11.3. The predicted octanol–water partition coefficient (Wildman–Crippen LogP) is -0.310. The molecule has 1 aliphatic rings. The molecule has 1 saturated heterocycles. The van der Waals surface area contributed by atoms with Crippen molar-refractivity contribution in [3.05, 3.63) is 0 Å². The number of nitrogens with zero attached hydrogens (tertiary/aromatic N) is 2. The maximum Gasteiger partial charge on any atom is 0.409 e. The van der Waals surface area contributed by atoms with Crippen LogP contribution in [-0.2, 0) is 4.74 Å². The highest BCUT2D eigenvalue weighted by molar-refractivity contribution is 5.73. The summed E-state index contributed by atoms with van der Waals surface area (Å²) >= 11 is 0. The number of carbonyl (C=O) groups is 2. The summed E-state index contributed by atoms with van der Waals surface area (Å²) in [6.07, 6.45) is -0.268. The normalized spacial score (nSPS) is 16.2. The minimum Gasteiger partial charge on any atom is -0.453 e. The molecule has 0 aromatic carbocycles. The molecule has 0 spiro atoms. The van der Waals surface area contributed by atoms with Crippen molar-refractivity contribution in [3.8, 4) is 0 Å². The zero-order valence-corrected chi connectivity index (χ0v) is 11.1. The van der Waals surface area contributed by atoms with Gasteiger partial charge in [-0.3, -0.25) is 4.90 Å². The molecule has 7 heteroatoms. The van der Waals surface area contributed by atoms with E-state index < -0.39 is 0 Å². The van der Waals surface area contributed by atoms with Crippen LogP contribution in [0.25, 0.3) is 0 Å². The monoisotopic (exact) mass is 258 g/mol. The summed E-state index contributed by atoms with van der Waals surface area (Å²) in [5.41, 5.74) is 0. The van der Waals surface area contributed by atoms with Gasteiger partial charge in [-0.25, -0.2) is 9.59 Å². The number of nitrogens with one attached hydrogen (secondary N) is 2. The van der Waals surface area contributed by atoms with Crippen LogP contribution < -0.4 is 10.6 Å². The summed E-state index contributed by atoms with van der Waals surface area (Å²) in [4.78, 5) is 26.3. The Morgan fingerprint density at radius 2 is 1.83 bits per heavy atom. The Morgan fingerprint density at radius 3 is 2.39 bits per heavy atom. The molecule has 0 unspecified atom stereocenters. The van der Waals surface area contributed by atoms with Crippen molar-refractivity contribution >= 4 is 12.1 Å². The second kappa shape index (κ2) is 7.75. The molecule has 0 bridgehead atoms. The molecule has 2 N–H and O–H groups in total. The minimum absolute atomic E-state index is 0.134. The molecule has 0 atom stereocenters. The Morgan fingerprint density at radius 1 is 1.17 bits per heavy atom. The first-order valence-corrected chi connectivity index (χ1v) is 6.24. The summed E-state index contributed by atoms with van der Waals surface area (Å²) < 4.78 is 4.67. The third-order valence-electron chi connectivity index (χ3n) is 2.86. The second-order valence-electron chi connectivity index (χ2n) is 4.08. The Balaban J connectivity index is 2.12. The number of piperazine rings is 1. The summed E-state index contributed by atoms with van der Waals surface area (Å²) in [5.74, 6) is 0. The van der Waals surface area contributed by atoms with Gasteiger partial charge in [-0.2, -0.15) is 0 Å². The van der Waals surface area contributed by atoms with Gasteiger partial charge in [0.25, 0.3) is 0 Å². The van der Waals surface area contributed by atoms with Crippen molar-refractivity contribution in [3.63, 3.8) is 0 Å². The van der Waals surface area contributed by atoms with Gasteiger partial charge in [0.2, 0.25) is 0 Å². The van der Waals surface area contributed by atoms with Gasteiger partial charge in [0.05, 0.1) is 7.11 Å². The number of methoxy groups -OCH3 is 1. The van der Waals surface area contributed by atoms with Gasteiger partial charge >= 0.3 is 12.1 Å². The molecular weight excluding hydrogens is 236 g/mol. The van der Waals surface area contributed by atoms with Gasteiger partial charge in [0.15, 0.2) is 0 Å². The summed E-state index contributed by atoms with van der Waals surface area (Å²) in [6, 6.07) is -0.134. The van der Waals surface area contributed by atoms with Gasteiger partial charge in [-0.05, 0) is 6.92 Å². The van der Waals surface area contributed by atoms with Crippen LogP contribution in [0.2, 0.25) is 0 Å². The van der Waals surface area contributed by atoms with E-state index in [0.29, 0.717) is 26.2 Å². The molecule has 0 aromatic rings. The quantitative estimate of drug-likeness (QED) is 0.725. The Kier molecular flexibility index (Phi) is 6.27. The van der Waals surface area contributed by atoms with Gasteiger partial charge in [-0.1, -0.05) is 0 Å². The van der Waals surface area contributed by atoms with Crippen LogP contribution in [0, 0.1) is 0 Å². The highest BCUT2D eigenvalue weighted by Crippen LogP contribution is 2.02. The third kappa shape index (κ3) is 4.79. The number of urea groups is 1. The number of hydrogen-bond donors (Lipinski definition) is 2. The lowest BCUT2D eigenvalue weighted by molar-refractivity contribution is 0.0916. The SMILES string of the molecule is CCNC(=O)NCCN1CCN(C(=O)OC)CC1. The van der Waals surface area contributed by atoms with E-state index >= 15 is 0 Å². The van der Waals surface area contributed by atoms with Crippen LogP contribution in [0.4, 0.5) is 9.59 Å². The molecule has 1 fully saturated rings. The van der Waals surface area contributed by atoms with Crippen LogP contribution in [0.1, 0.15) is 6.92 Å². The number of amides is 3. The van der Waals surface area contributed by atoms with Crippen LogP contribution in [0.15, 0.2) is 0 Å². The first kappa shape index (κ1) is 14.6. The molecule has 0 radical (unpaired) electrons. The molecule has 1 heterocycles. The van der Waals surface area contributed by atoms with Crippen LogP contribution >= 0.6 is 0 Å². The number of rotatable bonds is 4. The second-order valence-corrected chi connectivity index (χ2v) is 4.08. The fraction of sp³-hybridized carbons (Fsp3) is 0.818. The van der Waals surface area contributed by atoms with Crippen LogP contribution in [0.5, 0.6) is 0 Å². The number of ether oxygens (including phenoxy) is 1. The van der Waals surface area contributed by atoms with E-state index in [1.165, 1.54) is 7.11 Å². The summed E-state index contributed by atoms with van der Waals surface area (Å²) in [5, 5.41) is 5.45. The summed E-state index contributed by atoms with van der Waals surface area (Å²) in [7, 11) is 1.39. The van der Waals surface area contributed by atoms with Crippen LogP contribution in [0.3, 0.4) is 0 Å². The van der Waals surface area contributed by atoms with Crippen molar-refractivity contribution in [1.29, 1.82) is 0 Å². The molecule has 7 nitrogen and oxygen atoms in total. The molecule has 18 heavy (non-hydrogen) atoms. The van der Waals surface area contributed by atoms with E-state index in [9.17, 15) is 9.59 Å². The molecule has 3 amide bonds. The van der Waals surface area contributed by atoms with Gasteiger partial charge in [0.1, 0.15) is 0 Å². The largest absolute Gasteiger partial charge is 0.453 e. The van der Waals surface area contributed by atoms with Crippen molar-refractivity contribution < 1.29 is 14.3 Å². The van der Waals surface area contributed by atoms with Gasteiger partial charge in [-0.15, -0.1) is 0 Å². The molecule has 0 aliphatic carbocycles. The number of carbonyl (C=O) groups excluding carboxylic acids is 2. The first-order chi connectivity index (χ1) is 8.67. The van der Waals surface area contributed by atoms with Crippen molar-refractivity contribution in [2.45, 2.75) is 6.92 Å². The highest BCUT2D eigenvalue weighted by Gasteiger charge is 2.20. The molecular formula is C11H22N4O3. The maximum atomic E-state index is 11.3. The molecule has 1 aliphatic heterocycles. The molecule has 104 valence electrons. The topological polar surface area (TPSA) is 73.9 Å². The van der Waals surface area contributed by atoms with E-state index in [2.05, 4.69) is 20.3 Å². The fourth-order valence-corrected chi connectivity index (χ4v) is 1.83. The Labute approximate surface area is 107 Å². The van der Waals surface area contributed by atoms with E-state index in [0.717, 1.165) is 19.6 Å². The van der Waals surface area contributed by atoms with Gasteiger partial charge < -0.3 is 20.3 Å². The average molecular weight is 258 g/mol. The van der Waals surface area contributed by atoms with Crippen molar-refractivity contribution in [1.82, 2.24) is 20.4 Å². The van der Waals surface area contributed by atoms with Crippen LogP contribution in [-0.4, -0.2) is 74.8 Å². The van der Waals surface area contributed by atoms with Gasteiger partial charge in [0, 0.05) is 45.8 Å².